The number of aryl methyl sites for hydroxylation is 1. The van der Waals surface area contributed by atoms with E-state index in [0.717, 1.165) is 11.6 Å². The summed E-state index contributed by atoms with van der Waals surface area (Å²) in [6.07, 6.45) is 1.01. The van der Waals surface area contributed by atoms with E-state index in [1.54, 1.807) is 12.1 Å². The number of ether oxygens (including phenoxy) is 1. The number of rotatable bonds is 4. The van der Waals surface area contributed by atoms with E-state index in [9.17, 15) is 9.59 Å². The molecular formula is C17H13Cl2NO3. The lowest BCUT2D eigenvalue weighted by Gasteiger charge is -2.11. The van der Waals surface area contributed by atoms with Gasteiger partial charge in [-0.15, -0.1) is 0 Å². The first-order chi connectivity index (χ1) is 10.9. The molecule has 1 N–H and O–H groups in total. The van der Waals surface area contributed by atoms with E-state index in [1.807, 2.05) is 13.0 Å². The van der Waals surface area contributed by atoms with Gasteiger partial charge in [0, 0.05) is 11.1 Å². The van der Waals surface area contributed by atoms with Crippen molar-refractivity contribution in [2.24, 2.45) is 0 Å². The molecule has 0 atom stereocenters. The molecule has 0 spiro atoms. The number of amides is 1. The van der Waals surface area contributed by atoms with Crippen molar-refractivity contribution in [2.75, 3.05) is 5.32 Å². The maximum atomic E-state index is 12.4. The van der Waals surface area contributed by atoms with Crippen LogP contribution in [0.5, 0.6) is 5.75 Å². The molecule has 2 aromatic rings. The molecule has 2 rings (SSSR count). The summed E-state index contributed by atoms with van der Waals surface area (Å²) in [4.78, 5) is 23.8. The molecule has 0 aliphatic carbocycles. The number of hydrogen-bond donors (Lipinski definition) is 1. The van der Waals surface area contributed by atoms with E-state index < -0.39 is 11.9 Å². The van der Waals surface area contributed by atoms with Gasteiger partial charge < -0.3 is 10.1 Å². The van der Waals surface area contributed by atoms with Crippen molar-refractivity contribution in [3.63, 3.8) is 0 Å². The Kier molecular flexibility index (Phi) is 5.42. The summed E-state index contributed by atoms with van der Waals surface area (Å²) >= 11 is 12.0. The summed E-state index contributed by atoms with van der Waals surface area (Å²) in [5, 5.41) is 3.41. The molecule has 0 aliphatic rings. The van der Waals surface area contributed by atoms with Crippen molar-refractivity contribution < 1.29 is 14.3 Å². The van der Waals surface area contributed by atoms with Crippen LogP contribution in [0.3, 0.4) is 0 Å². The van der Waals surface area contributed by atoms with Gasteiger partial charge in [0.2, 0.25) is 0 Å². The largest absolute Gasteiger partial charge is 0.423 e. The van der Waals surface area contributed by atoms with Crippen LogP contribution in [0, 0.1) is 6.92 Å². The number of benzene rings is 2. The third-order valence-corrected chi connectivity index (χ3v) is 3.48. The lowest BCUT2D eigenvalue weighted by atomic mass is 10.1. The van der Waals surface area contributed by atoms with Crippen LogP contribution >= 0.6 is 23.2 Å². The summed E-state index contributed by atoms with van der Waals surface area (Å²) in [5.41, 5.74) is 1.53. The van der Waals surface area contributed by atoms with Crippen LogP contribution in [-0.2, 0) is 4.79 Å². The molecule has 0 aliphatic heterocycles. The van der Waals surface area contributed by atoms with Gasteiger partial charge >= 0.3 is 5.97 Å². The van der Waals surface area contributed by atoms with Gasteiger partial charge in [0.25, 0.3) is 5.91 Å². The fraction of sp³-hybridized carbons (Fsp3) is 0.0588. The van der Waals surface area contributed by atoms with E-state index in [1.165, 1.54) is 18.2 Å². The number of carbonyl (C=O) groups is 2. The third kappa shape index (κ3) is 4.34. The van der Waals surface area contributed by atoms with E-state index in [0.29, 0.717) is 15.7 Å². The van der Waals surface area contributed by atoms with Gasteiger partial charge in [-0.1, -0.05) is 35.8 Å². The first kappa shape index (κ1) is 17.1. The number of hydrogen-bond acceptors (Lipinski definition) is 3. The standard InChI is InChI=1S/C17H13Cl2NO3/c1-3-16(21)23-15-7-5-11(18)9-12(15)17(22)20-14-6-4-10(2)8-13(14)19/h3-9H,1H2,2H3,(H,20,22). The van der Waals surface area contributed by atoms with Gasteiger partial charge in [-0.3, -0.25) is 4.79 Å². The van der Waals surface area contributed by atoms with Gasteiger partial charge in [0.1, 0.15) is 5.75 Å². The Morgan fingerprint density at radius 1 is 1.17 bits per heavy atom. The second kappa shape index (κ2) is 7.31. The van der Waals surface area contributed by atoms with Gasteiger partial charge in [0.05, 0.1) is 16.3 Å². The molecule has 23 heavy (non-hydrogen) atoms. The number of esters is 1. The molecule has 0 saturated carbocycles. The van der Waals surface area contributed by atoms with Crippen LogP contribution in [-0.4, -0.2) is 11.9 Å². The van der Waals surface area contributed by atoms with E-state index >= 15 is 0 Å². The van der Waals surface area contributed by atoms with Gasteiger partial charge in [-0.25, -0.2) is 4.79 Å². The van der Waals surface area contributed by atoms with Crippen molar-refractivity contribution in [1.82, 2.24) is 0 Å². The molecule has 118 valence electrons. The van der Waals surface area contributed by atoms with E-state index in [-0.39, 0.29) is 11.3 Å². The highest BCUT2D eigenvalue weighted by Gasteiger charge is 2.16. The predicted molar refractivity (Wildman–Crippen MR) is 91.4 cm³/mol. The highest BCUT2D eigenvalue weighted by atomic mass is 35.5. The highest BCUT2D eigenvalue weighted by molar-refractivity contribution is 6.34. The Balaban J connectivity index is 2.32. The lowest BCUT2D eigenvalue weighted by molar-refractivity contribution is -0.128. The fourth-order valence-corrected chi connectivity index (χ4v) is 2.28. The zero-order chi connectivity index (χ0) is 17.0. The maximum Gasteiger partial charge on any atom is 0.335 e. The minimum atomic E-state index is -0.672. The summed E-state index contributed by atoms with van der Waals surface area (Å²) in [5.74, 6) is -1.08. The molecule has 0 bridgehead atoms. The number of carbonyl (C=O) groups excluding carboxylic acids is 2. The van der Waals surface area contributed by atoms with Crippen LogP contribution < -0.4 is 10.1 Å². The predicted octanol–water partition coefficient (Wildman–Crippen LogP) is 4.65. The van der Waals surface area contributed by atoms with Crippen LogP contribution in [0.25, 0.3) is 0 Å². The summed E-state index contributed by atoms with van der Waals surface area (Å²) in [6.45, 7) is 5.21. The molecule has 2 aromatic carbocycles. The topological polar surface area (TPSA) is 55.4 Å². The summed E-state index contributed by atoms with van der Waals surface area (Å²) < 4.78 is 5.05. The minimum absolute atomic E-state index is 0.0834. The molecule has 0 unspecified atom stereocenters. The van der Waals surface area contributed by atoms with Crippen LogP contribution in [0.2, 0.25) is 10.0 Å². The normalized spacial score (nSPS) is 10.0. The molecule has 0 aromatic heterocycles. The Hall–Kier alpha value is -2.30. The van der Waals surface area contributed by atoms with Crippen molar-refractivity contribution in [1.29, 1.82) is 0 Å². The monoisotopic (exact) mass is 349 g/mol. The van der Waals surface area contributed by atoms with Gasteiger partial charge in [-0.2, -0.15) is 0 Å². The molecule has 4 nitrogen and oxygen atoms in total. The number of anilines is 1. The Morgan fingerprint density at radius 2 is 1.91 bits per heavy atom. The van der Waals surface area contributed by atoms with Crippen molar-refractivity contribution in [3.05, 3.63) is 70.2 Å². The zero-order valence-electron chi connectivity index (χ0n) is 12.2. The van der Waals surface area contributed by atoms with Crippen LogP contribution in [0.4, 0.5) is 5.69 Å². The second-order valence-electron chi connectivity index (χ2n) is 4.70. The Morgan fingerprint density at radius 3 is 2.57 bits per heavy atom. The minimum Gasteiger partial charge on any atom is -0.423 e. The number of halogens is 2. The first-order valence-corrected chi connectivity index (χ1v) is 7.37. The van der Waals surface area contributed by atoms with E-state index in [2.05, 4.69) is 11.9 Å². The molecular weight excluding hydrogens is 337 g/mol. The van der Waals surface area contributed by atoms with Gasteiger partial charge in [0.15, 0.2) is 0 Å². The van der Waals surface area contributed by atoms with Crippen LogP contribution in [0.1, 0.15) is 15.9 Å². The quantitative estimate of drug-likeness (QED) is 0.496. The number of nitrogens with one attached hydrogen (secondary N) is 1. The smallest absolute Gasteiger partial charge is 0.335 e. The van der Waals surface area contributed by atoms with Crippen molar-refractivity contribution >= 4 is 40.8 Å². The average molecular weight is 350 g/mol. The summed E-state index contributed by atoms with van der Waals surface area (Å²) in [6, 6.07) is 9.60. The van der Waals surface area contributed by atoms with E-state index in [4.69, 9.17) is 27.9 Å². The third-order valence-electron chi connectivity index (χ3n) is 2.94. The molecule has 0 fully saturated rings. The lowest BCUT2D eigenvalue weighted by Crippen LogP contribution is -2.15. The molecule has 1 amide bonds. The Bertz CT molecular complexity index is 787. The maximum absolute atomic E-state index is 12.4. The highest BCUT2D eigenvalue weighted by Crippen LogP contribution is 2.27. The average Bonchev–Trinajstić information content (AvgIpc) is 2.51. The molecule has 0 saturated heterocycles. The second-order valence-corrected chi connectivity index (χ2v) is 5.55. The summed E-state index contributed by atoms with van der Waals surface area (Å²) in [7, 11) is 0. The first-order valence-electron chi connectivity index (χ1n) is 6.62. The Labute approximate surface area is 143 Å². The fourth-order valence-electron chi connectivity index (χ4n) is 1.83. The van der Waals surface area contributed by atoms with Crippen LogP contribution in [0.15, 0.2) is 49.1 Å². The molecule has 0 heterocycles. The van der Waals surface area contributed by atoms with Crippen molar-refractivity contribution in [2.45, 2.75) is 6.92 Å². The molecule has 0 radical (unpaired) electrons. The SMILES string of the molecule is C=CC(=O)Oc1ccc(Cl)cc1C(=O)Nc1ccc(C)cc1Cl. The molecule has 6 heteroatoms. The van der Waals surface area contributed by atoms with Gasteiger partial charge in [-0.05, 0) is 42.8 Å². The zero-order valence-corrected chi connectivity index (χ0v) is 13.7. The van der Waals surface area contributed by atoms with Crippen molar-refractivity contribution in [3.8, 4) is 5.75 Å².